The number of nitriles is 1. The summed E-state index contributed by atoms with van der Waals surface area (Å²) in [6, 6.07) is 15.7. The summed E-state index contributed by atoms with van der Waals surface area (Å²) < 4.78 is 13.6. The minimum absolute atomic E-state index is 0.143. The third-order valence-electron chi connectivity index (χ3n) is 5.22. The van der Waals surface area contributed by atoms with Gasteiger partial charge in [-0.1, -0.05) is 30.3 Å². The van der Waals surface area contributed by atoms with Crippen LogP contribution in [0.2, 0.25) is 0 Å². The summed E-state index contributed by atoms with van der Waals surface area (Å²) >= 11 is 0. The summed E-state index contributed by atoms with van der Waals surface area (Å²) in [5, 5.41) is 19.4. The Balaban J connectivity index is 1.53. The highest BCUT2D eigenvalue weighted by molar-refractivity contribution is 5.94. The monoisotopic (exact) mass is 366 g/mol. The van der Waals surface area contributed by atoms with Crippen molar-refractivity contribution in [3.8, 4) is 6.07 Å². The van der Waals surface area contributed by atoms with Crippen LogP contribution in [0.1, 0.15) is 40.7 Å². The highest BCUT2D eigenvalue weighted by Crippen LogP contribution is 2.25. The number of carbonyl (C=O) groups excluding carboxylic acids is 1. The minimum Gasteiger partial charge on any atom is -0.393 e. The van der Waals surface area contributed by atoms with E-state index in [1.807, 2.05) is 24.3 Å². The lowest BCUT2D eigenvalue weighted by Gasteiger charge is -2.34. The largest absolute Gasteiger partial charge is 0.393 e. The molecular formula is C22H23FN2O2. The molecule has 1 N–H and O–H groups in total. The number of likely N-dealkylation sites (tertiary alicyclic amines) is 1. The molecule has 27 heavy (non-hydrogen) atoms. The zero-order valence-corrected chi connectivity index (χ0v) is 15.1. The number of hydrogen-bond donors (Lipinski definition) is 1. The standard InChI is InChI=1S/C22H23FN2O2/c23-20-13-17(15-24)12-19(14-20)22(27)25-10-8-18(9-11-25)21(26)7-6-16-4-2-1-3-5-16/h1-5,12-14,18,21,26H,6-11H2. The van der Waals surface area contributed by atoms with Crippen molar-refractivity contribution in [2.75, 3.05) is 13.1 Å². The van der Waals surface area contributed by atoms with Gasteiger partial charge in [0.05, 0.1) is 17.7 Å². The summed E-state index contributed by atoms with van der Waals surface area (Å²) in [6.07, 6.45) is 2.60. The van der Waals surface area contributed by atoms with E-state index in [1.54, 1.807) is 4.90 Å². The Hall–Kier alpha value is -2.71. The van der Waals surface area contributed by atoms with Gasteiger partial charge in [0.25, 0.3) is 5.91 Å². The Morgan fingerprint density at radius 3 is 2.59 bits per heavy atom. The van der Waals surface area contributed by atoms with Crippen molar-refractivity contribution >= 4 is 5.91 Å². The molecule has 1 saturated heterocycles. The van der Waals surface area contributed by atoms with Crippen molar-refractivity contribution in [3.63, 3.8) is 0 Å². The quantitative estimate of drug-likeness (QED) is 0.880. The smallest absolute Gasteiger partial charge is 0.254 e. The second-order valence-corrected chi connectivity index (χ2v) is 7.06. The summed E-state index contributed by atoms with van der Waals surface area (Å²) in [4.78, 5) is 14.3. The lowest BCUT2D eigenvalue weighted by Crippen LogP contribution is -2.41. The molecular weight excluding hydrogens is 343 g/mol. The lowest BCUT2D eigenvalue weighted by atomic mass is 9.88. The molecule has 5 heteroatoms. The van der Waals surface area contributed by atoms with Crippen molar-refractivity contribution in [3.05, 3.63) is 71.0 Å². The van der Waals surface area contributed by atoms with Gasteiger partial charge in [-0.2, -0.15) is 5.26 Å². The van der Waals surface area contributed by atoms with Crippen molar-refractivity contribution in [2.45, 2.75) is 31.8 Å². The molecule has 140 valence electrons. The third-order valence-corrected chi connectivity index (χ3v) is 5.22. The number of carbonyl (C=O) groups is 1. The maximum Gasteiger partial charge on any atom is 0.254 e. The average molecular weight is 366 g/mol. The molecule has 0 aliphatic carbocycles. The van der Waals surface area contributed by atoms with Gasteiger partial charge in [-0.15, -0.1) is 0 Å². The molecule has 0 saturated carbocycles. The van der Waals surface area contributed by atoms with Gasteiger partial charge >= 0.3 is 0 Å². The van der Waals surface area contributed by atoms with Crippen LogP contribution in [0.25, 0.3) is 0 Å². The molecule has 1 heterocycles. The highest BCUT2D eigenvalue weighted by Gasteiger charge is 2.28. The molecule has 1 fully saturated rings. The van der Waals surface area contributed by atoms with E-state index in [0.29, 0.717) is 19.5 Å². The fourth-order valence-electron chi connectivity index (χ4n) is 3.64. The molecule has 0 bridgehead atoms. The van der Waals surface area contributed by atoms with E-state index in [1.165, 1.54) is 17.7 Å². The second-order valence-electron chi connectivity index (χ2n) is 7.06. The molecule has 1 unspecified atom stereocenters. The van der Waals surface area contributed by atoms with E-state index in [2.05, 4.69) is 12.1 Å². The van der Waals surface area contributed by atoms with Crippen LogP contribution in [-0.4, -0.2) is 35.1 Å². The number of piperidine rings is 1. The Morgan fingerprint density at radius 1 is 1.22 bits per heavy atom. The van der Waals surface area contributed by atoms with E-state index < -0.39 is 5.82 Å². The molecule has 0 radical (unpaired) electrons. The number of hydrogen-bond acceptors (Lipinski definition) is 3. The molecule has 4 nitrogen and oxygen atoms in total. The van der Waals surface area contributed by atoms with Crippen LogP contribution in [0.3, 0.4) is 0 Å². The van der Waals surface area contributed by atoms with Gasteiger partial charge in [0.1, 0.15) is 5.82 Å². The van der Waals surface area contributed by atoms with Gasteiger partial charge < -0.3 is 10.0 Å². The van der Waals surface area contributed by atoms with Gasteiger partial charge in [-0.25, -0.2) is 4.39 Å². The molecule has 0 aromatic heterocycles. The van der Waals surface area contributed by atoms with Crippen LogP contribution in [0.4, 0.5) is 4.39 Å². The number of aryl methyl sites for hydroxylation is 1. The van der Waals surface area contributed by atoms with E-state index in [4.69, 9.17) is 5.26 Å². The molecule has 2 aromatic rings. The number of aliphatic hydroxyl groups is 1. The number of benzene rings is 2. The molecule has 1 amide bonds. The number of halogens is 1. The van der Waals surface area contributed by atoms with Gasteiger partial charge in [0.2, 0.25) is 0 Å². The first-order valence-corrected chi connectivity index (χ1v) is 9.29. The highest BCUT2D eigenvalue weighted by atomic mass is 19.1. The van der Waals surface area contributed by atoms with E-state index in [-0.39, 0.29) is 29.1 Å². The molecule has 3 rings (SSSR count). The topological polar surface area (TPSA) is 64.3 Å². The molecule has 1 aliphatic rings. The first-order chi connectivity index (χ1) is 13.1. The lowest BCUT2D eigenvalue weighted by molar-refractivity contribution is 0.0436. The summed E-state index contributed by atoms with van der Waals surface area (Å²) in [7, 11) is 0. The van der Waals surface area contributed by atoms with Crippen LogP contribution in [0, 0.1) is 23.1 Å². The third kappa shape index (κ3) is 4.93. The Bertz CT molecular complexity index is 824. The molecule has 1 aliphatic heterocycles. The van der Waals surface area contributed by atoms with Crippen molar-refractivity contribution in [1.82, 2.24) is 4.90 Å². The fourth-order valence-corrected chi connectivity index (χ4v) is 3.64. The first kappa shape index (κ1) is 19.1. The number of nitrogens with zero attached hydrogens (tertiary/aromatic N) is 2. The maximum absolute atomic E-state index is 13.6. The maximum atomic E-state index is 13.6. The second kappa shape index (κ2) is 8.79. The molecule has 1 atom stereocenters. The Labute approximate surface area is 158 Å². The number of aliphatic hydroxyl groups excluding tert-OH is 1. The number of amides is 1. The van der Waals surface area contributed by atoms with E-state index in [0.717, 1.165) is 25.3 Å². The molecule has 0 spiro atoms. The van der Waals surface area contributed by atoms with Gasteiger partial charge in [0.15, 0.2) is 0 Å². The van der Waals surface area contributed by atoms with E-state index >= 15 is 0 Å². The van der Waals surface area contributed by atoms with Crippen molar-refractivity contribution in [2.24, 2.45) is 5.92 Å². The van der Waals surface area contributed by atoms with Crippen LogP contribution in [0.15, 0.2) is 48.5 Å². The van der Waals surface area contributed by atoms with Crippen molar-refractivity contribution < 1.29 is 14.3 Å². The average Bonchev–Trinajstić information content (AvgIpc) is 2.71. The van der Waals surface area contributed by atoms with Gasteiger partial charge in [-0.05, 0) is 55.4 Å². The zero-order valence-electron chi connectivity index (χ0n) is 15.1. The SMILES string of the molecule is N#Cc1cc(F)cc(C(=O)N2CCC(C(O)CCc3ccccc3)CC2)c1. The first-order valence-electron chi connectivity index (χ1n) is 9.29. The minimum atomic E-state index is -0.580. The summed E-state index contributed by atoms with van der Waals surface area (Å²) in [5.74, 6) is -0.674. The predicted molar refractivity (Wildman–Crippen MR) is 101 cm³/mol. The predicted octanol–water partition coefficient (Wildman–Crippen LogP) is 3.54. The zero-order chi connectivity index (χ0) is 19.2. The Morgan fingerprint density at radius 2 is 1.93 bits per heavy atom. The van der Waals surface area contributed by atoms with Crippen molar-refractivity contribution in [1.29, 1.82) is 5.26 Å². The van der Waals surface area contributed by atoms with Gasteiger partial charge in [-0.3, -0.25) is 4.79 Å². The van der Waals surface area contributed by atoms with Crippen LogP contribution < -0.4 is 0 Å². The normalized spacial score (nSPS) is 16.0. The van der Waals surface area contributed by atoms with Crippen LogP contribution in [-0.2, 0) is 6.42 Å². The Kier molecular flexibility index (Phi) is 6.20. The molecule has 2 aromatic carbocycles. The summed E-state index contributed by atoms with van der Waals surface area (Å²) in [6.45, 7) is 1.06. The van der Waals surface area contributed by atoms with Crippen LogP contribution in [0.5, 0.6) is 0 Å². The fraction of sp³-hybridized carbons (Fsp3) is 0.364. The van der Waals surface area contributed by atoms with Crippen LogP contribution >= 0.6 is 0 Å². The van der Waals surface area contributed by atoms with E-state index in [9.17, 15) is 14.3 Å². The summed E-state index contributed by atoms with van der Waals surface area (Å²) in [5.41, 5.74) is 1.56. The number of rotatable bonds is 5. The van der Waals surface area contributed by atoms with Gasteiger partial charge in [0, 0.05) is 18.7 Å².